The van der Waals surface area contributed by atoms with Gasteiger partial charge in [-0.2, -0.15) is 0 Å². The molecule has 2 heterocycles. The second kappa shape index (κ2) is 17.6. The first-order valence-electron chi connectivity index (χ1n) is 22.4. The zero-order valence-electron chi connectivity index (χ0n) is 35.0. The van der Waals surface area contributed by atoms with Crippen LogP contribution in [0.1, 0.15) is 157 Å². The second-order valence-corrected chi connectivity index (χ2v) is 19.6. The van der Waals surface area contributed by atoms with Crippen molar-refractivity contribution in [2.75, 3.05) is 0 Å². The van der Waals surface area contributed by atoms with Crippen molar-refractivity contribution in [1.29, 1.82) is 0 Å². The highest BCUT2D eigenvalue weighted by Gasteiger charge is 2.78. The van der Waals surface area contributed by atoms with Gasteiger partial charge in [0.1, 0.15) is 0 Å². The van der Waals surface area contributed by atoms with Gasteiger partial charge in [0.2, 0.25) is 0 Å². The van der Waals surface area contributed by atoms with E-state index in [0.717, 1.165) is 70.6 Å². The van der Waals surface area contributed by atoms with Crippen molar-refractivity contribution in [1.82, 2.24) is 0 Å². The summed E-state index contributed by atoms with van der Waals surface area (Å²) in [5, 5.41) is 19.7. The molecule has 0 aromatic heterocycles. The van der Waals surface area contributed by atoms with Crippen LogP contribution >= 0.6 is 0 Å². The summed E-state index contributed by atoms with van der Waals surface area (Å²) in [4.78, 5) is 76.8. The number of carbonyl (C=O) groups excluding carboxylic acids is 4. The molecule has 2 bridgehead atoms. The Morgan fingerprint density at radius 1 is 0.877 bits per heavy atom. The van der Waals surface area contributed by atoms with Gasteiger partial charge in [0.15, 0.2) is 0 Å². The third-order valence-electron chi connectivity index (χ3n) is 16.1. The summed E-state index contributed by atoms with van der Waals surface area (Å²) in [5.74, 6) is -5.28. The minimum atomic E-state index is -0.871. The Kier molecular flexibility index (Phi) is 13.5. The zero-order valence-corrected chi connectivity index (χ0v) is 35.0. The largest absolute Gasteiger partial charge is 0.481 e. The van der Waals surface area contributed by atoms with Crippen LogP contribution in [0.15, 0.2) is 12.2 Å². The molecule has 2 aliphatic heterocycles. The molecule has 0 radical (unpaired) electrons. The fourth-order valence-corrected chi connectivity index (χ4v) is 13.7. The molecular weight excluding hydrogens is 728 g/mol. The van der Waals surface area contributed by atoms with E-state index in [1.54, 1.807) is 0 Å². The number of cyclic esters (lactones) is 4. The van der Waals surface area contributed by atoms with Crippen molar-refractivity contribution < 1.29 is 53.2 Å². The molecule has 11 nitrogen and oxygen atoms in total. The number of rotatable bonds is 20. The number of carbonyl (C=O) groups is 6. The van der Waals surface area contributed by atoms with Gasteiger partial charge in [-0.25, -0.2) is 0 Å². The maximum absolute atomic E-state index is 14.1. The van der Waals surface area contributed by atoms with Gasteiger partial charge in [-0.1, -0.05) is 84.8 Å². The van der Waals surface area contributed by atoms with Crippen LogP contribution < -0.4 is 0 Å². The molecule has 13 atom stereocenters. The predicted molar refractivity (Wildman–Crippen MR) is 210 cm³/mol. The highest BCUT2D eigenvalue weighted by molar-refractivity contribution is 5.98. The number of carboxylic acid groups (broad SMARTS) is 2. The summed E-state index contributed by atoms with van der Waals surface area (Å²) in [6, 6.07) is 0. The fraction of sp³-hybridized carbons (Fsp3) is 0.826. The summed E-state index contributed by atoms with van der Waals surface area (Å²) in [5.41, 5.74) is -1.92. The van der Waals surface area contributed by atoms with E-state index in [9.17, 15) is 33.9 Å². The molecule has 13 unspecified atom stereocenters. The van der Waals surface area contributed by atoms with E-state index in [4.69, 9.17) is 19.3 Å². The first-order valence-corrected chi connectivity index (χ1v) is 22.4. The molecule has 5 aliphatic carbocycles. The van der Waals surface area contributed by atoms with Gasteiger partial charge < -0.3 is 24.4 Å². The van der Waals surface area contributed by atoms with E-state index in [-0.39, 0.29) is 66.0 Å². The number of hydrogen-bond acceptors (Lipinski definition) is 9. The van der Waals surface area contributed by atoms with Crippen molar-refractivity contribution >= 4 is 35.8 Å². The quantitative estimate of drug-likeness (QED) is 0.0523. The number of aliphatic carboxylic acids is 2. The molecular formula is C46H68O11. The van der Waals surface area contributed by atoms with Crippen LogP contribution in [0, 0.1) is 69.5 Å². The van der Waals surface area contributed by atoms with Gasteiger partial charge in [-0.15, -0.1) is 0 Å². The molecule has 2 saturated heterocycles. The summed E-state index contributed by atoms with van der Waals surface area (Å²) in [6.07, 6.45) is 17.3. The number of hydrogen-bond donors (Lipinski definition) is 2. The average molecular weight is 797 g/mol. The van der Waals surface area contributed by atoms with Gasteiger partial charge >= 0.3 is 35.8 Å². The highest BCUT2D eigenvalue weighted by Crippen LogP contribution is 2.76. The third-order valence-corrected chi connectivity index (χ3v) is 16.1. The normalized spacial score (nSPS) is 38.1. The monoisotopic (exact) mass is 796 g/mol. The Balaban J connectivity index is 1.33. The van der Waals surface area contributed by atoms with Crippen LogP contribution in [0.25, 0.3) is 0 Å². The predicted octanol–water partition coefficient (Wildman–Crippen LogP) is 8.70. The summed E-state index contributed by atoms with van der Waals surface area (Å²) >= 11 is 0. The molecule has 11 heteroatoms. The number of allylic oxidation sites excluding steroid dienone is 2. The van der Waals surface area contributed by atoms with Crippen LogP contribution in [-0.2, 0) is 43.0 Å². The van der Waals surface area contributed by atoms with E-state index in [2.05, 4.69) is 39.8 Å². The van der Waals surface area contributed by atoms with Gasteiger partial charge in [-0.3, -0.25) is 28.8 Å². The first-order chi connectivity index (χ1) is 27.1. The Morgan fingerprint density at radius 2 is 1.60 bits per heavy atom. The topological polar surface area (TPSA) is 171 Å². The minimum Gasteiger partial charge on any atom is -0.481 e. The first kappa shape index (κ1) is 43.5. The Bertz CT molecular complexity index is 1570. The molecule has 0 aromatic carbocycles. The van der Waals surface area contributed by atoms with Crippen LogP contribution in [-0.4, -0.2) is 58.2 Å². The molecule has 0 amide bonds. The third kappa shape index (κ3) is 8.13. The molecule has 2 N–H and O–H groups in total. The minimum absolute atomic E-state index is 0.00467. The van der Waals surface area contributed by atoms with E-state index in [1.165, 1.54) is 0 Å². The lowest BCUT2D eigenvalue weighted by Crippen LogP contribution is -2.73. The van der Waals surface area contributed by atoms with E-state index < -0.39 is 64.4 Å². The molecule has 7 rings (SSSR count). The lowest BCUT2D eigenvalue weighted by Gasteiger charge is -2.72. The molecule has 7 aliphatic rings. The van der Waals surface area contributed by atoms with Gasteiger partial charge in [-0.05, 0) is 112 Å². The molecule has 5 saturated carbocycles. The Morgan fingerprint density at radius 3 is 2.25 bits per heavy atom. The molecule has 57 heavy (non-hydrogen) atoms. The van der Waals surface area contributed by atoms with Crippen molar-refractivity contribution in [3.63, 3.8) is 0 Å². The fourth-order valence-electron chi connectivity index (χ4n) is 13.7. The number of ether oxygens (including phenoxy) is 3. The van der Waals surface area contributed by atoms with Crippen molar-refractivity contribution in [3.8, 4) is 0 Å². The zero-order chi connectivity index (χ0) is 41.3. The van der Waals surface area contributed by atoms with Gasteiger partial charge in [0.25, 0.3) is 0 Å². The molecule has 1 spiro atoms. The lowest BCUT2D eigenvalue weighted by molar-refractivity contribution is -0.296. The van der Waals surface area contributed by atoms with Crippen molar-refractivity contribution in [2.45, 2.75) is 169 Å². The van der Waals surface area contributed by atoms with Crippen LogP contribution in [0.3, 0.4) is 0 Å². The standard InChI is InChI=1S/C46H68O11/c1-6-7-12-16-28(30-26-35(49)56-40(30)50)19-20-29(17-13-10-8-9-11-14-18-34(47)48)55-39-36(27(2)3)31-25-33-44(4)22-15-23-45(5,43(53)54)32(44)21-24-46(33,39)38-37(31)41(51)57-42(38)52/h12,16,27-33,36-39H,6-11,13-15,17-26H2,1-5H3,(H,47,48)(H,53,54)/b16-12+. The lowest BCUT2D eigenvalue weighted by atomic mass is 9.31. The Hall–Kier alpha value is -3.08. The summed E-state index contributed by atoms with van der Waals surface area (Å²) < 4.78 is 18.2. The number of fused-ring (bicyclic) bond motifs is 2. The van der Waals surface area contributed by atoms with Gasteiger partial charge in [0.05, 0.1) is 41.8 Å². The van der Waals surface area contributed by atoms with E-state index in [0.29, 0.717) is 38.5 Å². The van der Waals surface area contributed by atoms with Crippen LogP contribution in [0.2, 0.25) is 0 Å². The maximum atomic E-state index is 14.1. The summed E-state index contributed by atoms with van der Waals surface area (Å²) in [7, 11) is 0. The van der Waals surface area contributed by atoms with E-state index >= 15 is 0 Å². The van der Waals surface area contributed by atoms with Crippen molar-refractivity contribution in [3.05, 3.63) is 12.2 Å². The number of carboxylic acids is 2. The van der Waals surface area contributed by atoms with Crippen LogP contribution in [0.4, 0.5) is 0 Å². The van der Waals surface area contributed by atoms with Gasteiger partial charge in [0, 0.05) is 11.8 Å². The second-order valence-electron chi connectivity index (χ2n) is 19.6. The molecule has 0 aromatic rings. The smallest absolute Gasteiger partial charge is 0.318 e. The Labute approximate surface area is 338 Å². The highest BCUT2D eigenvalue weighted by atomic mass is 16.6. The van der Waals surface area contributed by atoms with E-state index in [1.807, 2.05) is 6.92 Å². The SMILES string of the molecule is CCC/C=C/C(CCC(CCCCCCCCC(=O)O)OC1C(C(C)C)C2CC3C4(C)CCCC(C)(C(=O)O)C4CCC13C1C(=O)OC(=O)C21)C1CC(=O)OC1=O. The maximum Gasteiger partial charge on any atom is 0.318 e. The molecule has 7 fully saturated rings. The van der Waals surface area contributed by atoms with Crippen molar-refractivity contribution in [2.24, 2.45) is 69.5 Å². The molecule has 318 valence electrons. The van der Waals surface area contributed by atoms with Crippen LogP contribution in [0.5, 0.6) is 0 Å². The number of esters is 4. The number of unbranched alkanes of at least 4 members (excludes halogenated alkanes) is 6. The summed E-state index contributed by atoms with van der Waals surface area (Å²) in [6.45, 7) is 10.7. The average Bonchev–Trinajstić information content (AvgIpc) is 3.66.